The molecule has 2 atom stereocenters. The van der Waals surface area contributed by atoms with E-state index in [1.807, 2.05) is 12.1 Å². The first-order valence-electron chi connectivity index (χ1n) is 7.91. The van der Waals surface area contributed by atoms with Gasteiger partial charge >= 0.3 is 0 Å². The highest BCUT2D eigenvalue weighted by Crippen LogP contribution is 2.34. The summed E-state index contributed by atoms with van der Waals surface area (Å²) in [6, 6.07) is 6.53. The van der Waals surface area contributed by atoms with Crippen molar-refractivity contribution in [3.63, 3.8) is 0 Å². The van der Waals surface area contributed by atoms with Crippen molar-refractivity contribution >= 4 is 34.2 Å². The van der Waals surface area contributed by atoms with Crippen molar-refractivity contribution in [2.45, 2.75) is 51.5 Å². The summed E-state index contributed by atoms with van der Waals surface area (Å²) in [7, 11) is 0. The summed E-state index contributed by atoms with van der Waals surface area (Å²) in [6.45, 7) is 2.37. The van der Waals surface area contributed by atoms with E-state index in [1.54, 1.807) is 0 Å². The van der Waals surface area contributed by atoms with E-state index in [0.717, 1.165) is 28.7 Å². The number of rotatable bonds is 3. The van der Waals surface area contributed by atoms with Gasteiger partial charge in [0, 0.05) is 23.4 Å². The topological polar surface area (TPSA) is 17.8 Å². The van der Waals surface area contributed by atoms with Gasteiger partial charge in [0.2, 0.25) is 0 Å². The lowest BCUT2D eigenvalue weighted by atomic mass is 10.0. The van der Waals surface area contributed by atoms with E-state index < -0.39 is 0 Å². The van der Waals surface area contributed by atoms with Gasteiger partial charge in [0.1, 0.15) is 5.82 Å². The van der Waals surface area contributed by atoms with Crippen molar-refractivity contribution in [3.8, 4) is 0 Å². The van der Waals surface area contributed by atoms with Gasteiger partial charge in [0.15, 0.2) is 0 Å². The van der Waals surface area contributed by atoms with Crippen LogP contribution >= 0.6 is 23.2 Å². The Morgan fingerprint density at radius 3 is 2.90 bits per heavy atom. The van der Waals surface area contributed by atoms with Gasteiger partial charge in [-0.05, 0) is 43.4 Å². The third-order valence-electron chi connectivity index (χ3n) is 4.63. The third-order valence-corrected chi connectivity index (χ3v) is 5.06. The van der Waals surface area contributed by atoms with Gasteiger partial charge in [-0.1, -0.05) is 31.4 Å². The van der Waals surface area contributed by atoms with Crippen molar-refractivity contribution in [1.29, 1.82) is 0 Å². The number of halogens is 2. The summed E-state index contributed by atoms with van der Waals surface area (Å²) in [5.74, 6) is 2.56. The maximum atomic E-state index is 6.20. The first kappa shape index (κ1) is 15.2. The van der Waals surface area contributed by atoms with E-state index in [9.17, 15) is 0 Å². The second-order valence-corrected chi connectivity index (χ2v) is 7.05. The molecule has 3 rings (SSSR count). The summed E-state index contributed by atoms with van der Waals surface area (Å²) >= 11 is 12.2. The highest BCUT2D eigenvalue weighted by Gasteiger charge is 2.22. The molecule has 114 valence electrons. The standard InChI is InChI=1S/C17H22Cl2N2/c1-12-3-2-4-14(7-5-12)21-16-11-13(19)6-8-15(16)20-17(21)9-10-18/h6,8,11-12,14H,2-5,7,9-10H2,1H3. The van der Waals surface area contributed by atoms with Gasteiger partial charge in [-0.25, -0.2) is 4.98 Å². The van der Waals surface area contributed by atoms with E-state index in [2.05, 4.69) is 17.6 Å². The van der Waals surface area contributed by atoms with Crippen LogP contribution in [0.15, 0.2) is 18.2 Å². The molecule has 0 N–H and O–H groups in total. The number of hydrogen-bond donors (Lipinski definition) is 0. The Kier molecular flexibility index (Phi) is 4.75. The van der Waals surface area contributed by atoms with Crippen LogP contribution in [0.5, 0.6) is 0 Å². The van der Waals surface area contributed by atoms with Crippen LogP contribution in [0, 0.1) is 5.92 Å². The van der Waals surface area contributed by atoms with Gasteiger partial charge in [-0.15, -0.1) is 11.6 Å². The Hall–Kier alpha value is -0.730. The largest absolute Gasteiger partial charge is 0.325 e. The van der Waals surface area contributed by atoms with Crippen LogP contribution in [0.1, 0.15) is 50.9 Å². The first-order chi connectivity index (χ1) is 10.2. The number of nitrogens with zero attached hydrogens (tertiary/aromatic N) is 2. The van der Waals surface area contributed by atoms with Gasteiger partial charge in [-0.3, -0.25) is 0 Å². The van der Waals surface area contributed by atoms with Crippen LogP contribution in [0.3, 0.4) is 0 Å². The second kappa shape index (κ2) is 6.58. The zero-order chi connectivity index (χ0) is 14.8. The van der Waals surface area contributed by atoms with Gasteiger partial charge in [-0.2, -0.15) is 0 Å². The number of fused-ring (bicyclic) bond motifs is 1. The average Bonchev–Trinajstić information content (AvgIpc) is 2.66. The predicted molar refractivity (Wildman–Crippen MR) is 90.5 cm³/mol. The van der Waals surface area contributed by atoms with Crippen molar-refractivity contribution in [2.24, 2.45) is 5.92 Å². The van der Waals surface area contributed by atoms with Gasteiger partial charge < -0.3 is 4.57 Å². The van der Waals surface area contributed by atoms with Crippen molar-refractivity contribution in [3.05, 3.63) is 29.0 Å². The van der Waals surface area contributed by atoms with E-state index in [1.165, 1.54) is 37.6 Å². The minimum atomic E-state index is 0.539. The molecule has 0 aliphatic heterocycles. The molecule has 21 heavy (non-hydrogen) atoms. The van der Waals surface area contributed by atoms with Gasteiger partial charge in [0.25, 0.3) is 0 Å². The van der Waals surface area contributed by atoms with Crippen LogP contribution in [0.25, 0.3) is 11.0 Å². The molecule has 4 heteroatoms. The molecule has 2 aromatic rings. The van der Waals surface area contributed by atoms with Crippen LogP contribution < -0.4 is 0 Å². The number of alkyl halides is 1. The number of aromatic nitrogens is 2. The first-order valence-corrected chi connectivity index (χ1v) is 8.82. The molecule has 1 heterocycles. The highest BCUT2D eigenvalue weighted by atomic mass is 35.5. The molecule has 0 amide bonds. The van der Waals surface area contributed by atoms with Crippen molar-refractivity contribution < 1.29 is 0 Å². The summed E-state index contributed by atoms with van der Waals surface area (Å²) in [5, 5.41) is 0.781. The fourth-order valence-corrected chi connectivity index (χ4v) is 3.85. The monoisotopic (exact) mass is 324 g/mol. The Labute approximate surface area is 136 Å². The maximum absolute atomic E-state index is 6.20. The Bertz CT molecular complexity index is 621. The summed E-state index contributed by atoms with van der Waals surface area (Å²) in [6.07, 6.45) is 7.22. The lowest BCUT2D eigenvalue weighted by Gasteiger charge is -2.20. The molecule has 1 aromatic heterocycles. The number of hydrogen-bond acceptors (Lipinski definition) is 1. The second-order valence-electron chi connectivity index (χ2n) is 6.24. The minimum Gasteiger partial charge on any atom is -0.325 e. The van der Waals surface area contributed by atoms with Crippen LogP contribution in [0.2, 0.25) is 5.02 Å². The van der Waals surface area contributed by atoms with Gasteiger partial charge in [0.05, 0.1) is 11.0 Å². The highest BCUT2D eigenvalue weighted by molar-refractivity contribution is 6.31. The van der Waals surface area contributed by atoms with E-state index in [4.69, 9.17) is 28.2 Å². The zero-order valence-electron chi connectivity index (χ0n) is 12.5. The fraction of sp³-hybridized carbons (Fsp3) is 0.588. The predicted octanol–water partition coefficient (Wildman–Crippen LogP) is 5.61. The number of aryl methyl sites for hydroxylation is 1. The van der Waals surface area contributed by atoms with E-state index in [-0.39, 0.29) is 0 Å². The zero-order valence-corrected chi connectivity index (χ0v) is 14.0. The molecule has 1 aliphatic carbocycles. The molecular formula is C17H22Cl2N2. The Morgan fingerprint density at radius 1 is 1.24 bits per heavy atom. The Morgan fingerprint density at radius 2 is 2.10 bits per heavy atom. The molecule has 1 fully saturated rings. The smallest absolute Gasteiger partial charge is 0.111 e. The molecule has 2 nitrogen and oxygen atoms in total. The number of imidazole rings is 1. The molecule has 0 radical (unpaired) electrons. The van der Waals surface area contributed by atoms with Crippen molar-refractivity contribution in [2.75, 3.05) is 5.88 Å². The fourth-order valence-electron chi connectivity index (χ4n) is 3.51. The van der Waals surface area contributed by atoms with Crippen molar-refractivity contribution in [1.82, 2.24) is 9.55 Å². The molecule has 1 aliphatic rings. The summed E-state index contributed by atoms with van der Waals surface area (Å²) in [4.78, 5) is 4.79. The molecule has 2 unspecified atom stereocenters. The molecule has 1 saturated carbocycles. The van der Waals surface area contributed by atoms with Crippen LogP contribution in [0.4, 0.5) is 0 Å². The maximum Gasteiger partial charge on any atom is 0.111 e. The lowest BCUT2D eigenvalue weighted by Crippen LogP contribution is -2.12. The summed E-state index contributed by atoms with van der Waals surface area (Å²) in [5.41, 5.74) is 2.21. The lowest BCUT2D eigenvalue weighted by molar-refractivity contribution is 0.431. The molecular weight excluding hydrogens is 303 g/mol. The average molecular weight is 325 g/mol. The van der Waals surface area contributed by atoms with E-state index >= 15 is 0 Å². The summed E-state index contributed by atoms with van der Waals surface area (Å²) < 4.78 is 2.42. The van der Waals surface area contributed by atoms with Crippen LogP contribution in [-0.4, -0.2) is 15.4 Å². The SMILES string of the molecule is CC1CCCC(n2c(CCCl)nc3ccc(Cl)cc32)CC1. The minimum absolute atomic E-state index is 0.539. The van der Waals surface area contributed by atoms with E-state index in [0.29, 0.717) is 11.9 Å². The third kappa shape index (κ3) is 3.22. The number of benzene rings is 1. The Balaban J connectivity index is 2.05. The molecule has 0 saturated heterocycles. The molecule has 0 bridgehead atoms. The molecule has 0 spiro atoms. The van der Waals surface area contributed by atoms with Crippen LogP contribution in [-0.2, 0) is 6.42 Å². The normalized spacial score (nSPS) is 23.4. The molecule has 1 aromatic carbocycles. The quantitative estimate of drug-likeness (QED) is 0.529.